The highest BCUT2D eigenvalue weighted by Crippen LogP contribution is 2.27. The van der Waals surface area contributed by atoms with E-state index in [9.17, 15) is 4.79 Å². The maximum atomic E-state index is 11.1. The van der Waals surface area contributed by atoms with Crippen LogP contribution >= 0.6 is 0 Å². The molecular formula is C11H18O. The molecule has 0 aromatic rings. The van der Waals surface area contributed by atoms with Crippen LogP contribution in [-0.2, 0) is 4.79 Å². The van der Waals surface area contributed by atoms with Gasteiger partial charge in [0.15, 0.2) is 5.78 Å². The van der Waals surface area contributed by atoms with Crippen LogP contribution in [0.4, 0.5) is 0 Å². The van der Waals surface area contributed by atoms with E-state index in [1.165, 1.54) is 38.5 Å². The number of carbonyl (C=O) groups is 1. The molecule has 0 radical (unpaired) electrons. The Kier molecular flexibility index (Phi) is 3.51. The first-order valence-corrected chi connectivity index (χ1v) is 4.91. The van der Waals surface area contributed by atoms with Crippen LogP contribution in [0.15, 0.2) is 12.2 Å². The van der Waals surface area contributed by atoms with Crippen molar-refractivity contribution in [2.75, 3.05) is 0 Å². The summed E-state index contributed by atoms with van der Waals surface area (Å²) in [4.78, 5) is 11.1. The zero-order valence-corrected chi connectivity index (χ0v) is 7.94. The van der Waals surface area contributed by atoms with Crippen LogP contribution in [0.2, 0.25) is 0 Å². The smallest absolute Gasteiger partial charge is 0.155 e. The fourth-order valence-corrected chi connectivity index (χ4v) is 1.92. The fourth-order valence-electron chi connectivity index (χ4n) is 1.92. The van der Waals surface area contributed by atoms with E-state index < -0.39 is 0 Å². The predicted octanol–water partition coefficient (Wildman–Crippen LogP) is 3.10. The maximum absolute atomic E-state index is 11.1. The van der Waals surface area contributed by atoms with Crippen LogP contribution in [0.3, 0.4) is 0 Å². The summed E-state index contributed by atoms with van der Waals surface area (Å²) in [5, 5.41) is 0. The summed E-state index contributed by atoms with van der Waals surface area (Å²) in [6.45, 7) is 5.50. The molecule has 1 nitrogen and oxygen atoms in total. The van der Waals surface area contributed by atoms with Crippen molar-refractivity contribution in [2.45, 2.75) is 45.4 Å². The molecule has 0 aromatic heterocycles. The van der Waals surface area contributed by atoms with Gasteiger partial charge in [0.25, 0.3) is 0 Å². The van der Waals surface area contributed by atoms with Crippen LogP contribution < -0.4 is 0 Å². The predicted molar refractivity (Wildman–Crippen MR) is 51.0 cm³/mol. The van der Waals surface area contributed by atoms with E-state index >= 15 is 0 Å². The Morgan fingerprint density at radius 2 is 1.67 bits per heavy atom. The molecule has 1 aliphatic rings. The van der Waals surface area contributed by atoms with Gasteiger partial charge >= 0.3 is 0 Å². The monoisotopic (exact) mass is 166 g/mol. The van der Waals surface area contributed by atoms with E-state index in [-0.39, 0.29) is 5.78 Å². The molecule has 0 amide bonds. The Bertz CT molecular complexity index is 173. The van der Waals surface area contributed by atoms with Gasteiger partial charge in [0.2, 0.25) is 0 Å². The minimum absolute atomic E-state index is 0.182. The molecule has 0 aromatic carbocycles. The van der Waals surface area contributed by atoms with Crippen LogP contribution in [0.5, 0.6) is 0 Å². The van der Waals surface area contributed by atoms with Crippen molar-refractivity contribution < 1.29 is 4.79 Å². The number of hydrogen-bond donors (Lipinski definition) is 0. The number of hydrogen-bond acceptors (Lipinski definition) is 1. The third kappa shape index (κ3) is 2.47. The van der Waals surface area contributed by atoms with Gasteiger partial charge in [-0.25, -0.2) is 0 Å². The molecule has 1 rings (SSSR count). The molecule has 12 heavy (non-hydrogen) atoms. The van der Waals surface area contributed by atoms with Crippen molar-refractivity contribution in [1.82, 2.24) is 0 Å². The number of ketones is 1. The lowest BCUT2D eigenvalue weighted by molar-refractivity contribution is -0.114. The molecule has 0 heterocycles. The molecule has 1 heteroatoms. The third-order valence-corrected chi connectivity index (χ3v) is 2.80. The maximum Gasteiger partial charge on any atom is 0.155 e. The molecule has 1 fully saturated rings. The topological polar surface area (TPSA) is 17.1 Å². The van der Waals surface area contributed by atoms with Crippen molar-refractivity contribution in [2.24, 2.45) is 5.92 Å². The second kappa shape index (κ2) is 4.44. The summed E-state index contributed by atoms with van der Waals surface area (Å²) in [5.74, 6) is 0.673. The van der Waals surface area contributed by atoms with E-state index in [1.54, 1.807) is 6.92 Å². The normalized spacial score (nSPS) is 20.1. The molecule has 0 spiro atoms. The standard InChI is InChI=1S/C11H18O/c1-9(10(2)12)11-7-5-3-4-6-8-11/h11H,1,3-8H2,2H3. The lowest BCUT2D eigenvalue weighted by Crippen LogP contribution is -2.08. The summed E-state index contributed by atoms with van der Waals surface area (Å²) < 4.78 is 0. The molecule has 0 atom stereocenters. The molecule has 0 N–H and O–H groups in total. The molecule has 0 unspecified atom stereocenters. The average molecular weight is 166 g/mol. The molecule has 68 valence electrons. The summed E-state index contributed by atoms with van der Waals surface area (Å²) in [6.07, 6.45) is 7.58. The second-order valence-corrected chi connectivity index (χ2v) is 3.77. The van der Waals surface area contributed by atoms with Gasteiger partial charge in [-0.15, -0.1) is 0 Å². The molecular weight excluding hydrogens is 148 g/mol. The van der Waals surface area contributed by atoms with Crippen LogP contribution in [0, 0.1) is 5.92 Å². The summed E-state index contributed by atoms with van der Waals surface area (Å²) in [6, 6.07) is 0. The molecule has 1 aliphatic carbocycles. The Labute approximate surface area is 74.9 Å². The Hall–Kier alpha value is -0.590. The van der Waals surface area contributed by atoms with Gasteiger partial charge in [-0.05, 0) is 31.3 Å². The van der Waals surface area contributed by atoms with Gasteiger partial charge in [-0.3, -0.25) is 4.79 Å². The minimum atomic E-state index is 0.182. The van der Waals surface area contributed by atoms with E-state index in [2.05, 4.69) is 6.58 Å². The summed E-state index contributed by atoms with van der Waals surface area (Å²) in [7, 11) is 0. The average Bonchev–Trinajstić information content (AvgIpc) is 2.30. The van der Waals surface area contributed by atoms with Gasteiger partial charge in [0.05, 0.1) is 0 Å². The van der Waals surface area contributed by atoms with Crippen LogP contribution in [0.25, 0.3) is 0 Å². The van der Waals surface area contributed by atoms with E-state index in [4.69, 9.17) is 0 Å². The van der Waals surface area contributed by atoms with E-state index in [1.807, 2.05) is 0 Å². The lowest BCUT2D eigenvalue weighted by Gasteiger charge is -2.13. The fraction of sp³-hybridized carbons (Fsp3) is 0.727. The van der Waals surface area contributed by atoms with Crippen LogP contribution in [-0.4, -0.2) is 5.78 Å². The highest BCUT2D eigenvalue weighted by Gasteiger charge is 2.17. The van der Waals surface area contributed by atoms with Gasteiger partial charge in [-0.1, -0.05) is 32.3 Å². The highest BCUT2D eigenvalue weighted by molar-refractivity contribution is 5.93. The first-order chi connectivity index (χ1) is 5.72. The Balaban J connectivity index is 2.48. The number of carbonyl (C=O) groups excluding carboxylic acids is 1. The highest BCUT2D eigenvalue weighted by atomic mass is 16.1. The van der Waals surface area contributed by atoms with Crippen molar-refractivity contribution in [3.63, 3.8) is 0 Å². The zero-order chi connectivity index (χ0) is 8.97. The number of allylic oxidation sites excluding steroid dienone is 1. The first-order valence-electron chi connectivity index (χ1n) is 4.91. The number of Topliss-reactive ketones (excluding diaryl/α,β-unsaturated/α-hetero) is 1. The second-order valence-electron chi connectivity index (χ2n) is 3.77. The SMILES string of the molecule is C=C(C(C)=O)C1CCCCCC1. The van der Waals surface area contributed by atoms with Gasteiger partial charge in [0, 0.05) is 0 Å². The third-order valence-electron chi connectivity index (χ3n) is 2.80. The van der Waals surface area contributed by atoms with Crippen molar-refractivity contribution >= 4 is 5.78 Å². The zero-order valence-electron chi connectivity index (χ0n) is 7.94. The van der Waals surface area contributed by atoms with Crippen molar-refractivity contribution in [1.29, 1.82) is 0 Å². The van der Waals surface area contributed by atoms with Gasteiger partial charge in [0.1, 0.15) is 0 Å². The molecule has 1 saturated carbocycles. The molecule has 0 saturated heterocycles. The lowest BCUT2D eigenvalue weighted by atomic mass is 9.90. The minimum Gasteiger partial charge on any atom is -0.295 e. The van der Waals surface area contributed by atoms with Crippen LogP contribution in [0.1, 0.15) is 45.4 Å². The van der Waals surface area contributed by atoms with Crippen molar-refractivity contribution in [3.05, 3.63) is 12.2 Å². The number of rotatable bonds is 2. The van der Waals surface area contributed by atoms with E-state index in [0.717, 1.165) is 5.57 Å². The molecule has 0 aliphatic heterocycles. The molecule has 0 bridgehead atoms. The van der Waals surface area contributed by atoms with Gasteiger partial charge in [-0.2, -0.15) is 0 Å². The summed E-state index contributed by atoms with van der Waals surface area (Å²) in [5.41, 5.74) is 0.858. The largest absolute Gasteiger partial charge is 0.295 e. The van der Waals surface area contributed by atoms with E-state index in [0.29, 0.717) is 5.92 Å². The first kappa shape index (κ1) is 9.50. The Morgan fingerprint density at radius 3 is 2.08 bits per heavy atom. The summed E-state index contributed by atoms with van der Waals surface area (Å²) >= 11 is 0. The quantitative estimate of drug-likeness (QED) is 0.455. The van der Waals surface area contributed by atoms with Gasteiger partial charge < -0.3 is 0 Å². The van der Waals surface area contributed by atoms with Crippen molar-refractivity contribution in [3.8, 4) is 0 Å². The Morgan fingerprint density at radius 1 is 1.17 bits per heavy atom.